The van der Waals surface area contributed by atoms with Crippen LogP contribution in [0.4, 0.5) is 0 Å². The molecule has 0 spiro atoms. The summed E-state index contributed by atoms with van der Waals surface area (Å²) >= 11 is 0. The van der Waals surface area contributed by atoms with Crippen molar-refractivity contribution in [3.8, 4) is 0 Å². The van der Waals surface area contributed by atoms with Gasteiger partial charge in [0.2, 0.25) is 0 Å². The van der Waals surface area contributed by atoms with Crippen LogP contribution in [-0.4, -0.2) is 35.8 Å². The molecule has 0 unspecified atom stereocenters. The predicted octanol–water partition coefficient (Wildman–Crippen LogP) is -0.0686. The van der Waals surface area contributed by atoms with Crippen LogP contribution in [0, 0.1) is 0 Å². The Bertz CT molecular complexity index is 541. The minimum Gasteiger partial charge on any atom is -0.294 e. The third kappa shape index (κ3) is 2.38. The predicted molar refractivity (Wildman–Crippen MR) is 59.4 cm³/mol. The van der Waals surface area contributed by atoms with Crippen molar-refractivity contribution in [2.45, 2.75) is 19.8 Å². The Kier molecular flexibility index (Phi) is 2.99. The highest BCUT2D eigenvalue weighted by Gasteiger charge is 2.16. The van der Waals surface area contributed by atoms with Gasteiger partial charge in [-0.2, -0.15) is 9.90 Å². The summed E-state index contributed by atoms with van der Waals surface area (Å²) in [6.07, 6.45) is 2.62. The quantitative estimate of drug-likeness (QED) is 0.692. The van der Waals surface area contributed by atoms with Gasteiger partial charge in [0.05, 0.1) is 24.7 Å². The summed E-state index contributed by atoms with van der Waals surface area (Å²) in [5, 5.41) is 15.7. The normalized spacial score (nSPS) is 10.8. The molecule has 2 heterocycles. The molecule has 0 saturated carbocycles. The number of rotatable bonds is 4. The number of carbonyl (C=O) groups is 1. The largest absolute Gasteiger partial charge is 0.294 e. The summed E-state index contributed by atoms with van der Waals surface area (Å²) in [5.41, 5.74) is 1.45. The molecular formula is C10H14N6O. The topological polar surface area (TPSA) is 78.5 Å². The van der Waals surface area contributed by atoms with Crippen LogP contribution in [0.1, 0.15) is 28.8 Å². The maximum absolute atomic E-state index is 12.0. The minimum atomic E-state index is -0.0250. The average molecular weight is 234 g/mol. The molecule has 0 N–H and O–H groups in total. The summed E-state index contributed by atoms with van der Waals surface area (Å²) in [5.74, 6) is 0.409. The van der Waals surface area contributed by atoms with Crippen LogP contribution in [0.15, 0.2) is 6.20 Å². The first-order valence-corrected chi connectivity index (χ1v) is 5.38. The summed E-state index contributed by atoms with van der Waals surface area (Å²) in [6, 6.07) is 0. The summed E-state index contributed by atoms with van der Waals surface area (Å²) < 4.78 is 1.65. The molecule has 0 saturated heterocycles. The highest BCUT2D eigenvalue weighted by molar-refractivity contribution is 5.97. The van der Waals surface area contributed by atoms with Crippen LogP contribution < -0.4 is 0 Å². The van der Waals surface area contributed by atoms with Gasteiger partial charge in [0.1, 0.15) is 0 Å². The van der Waals surface area contributed by atoms with Crippen molar-refractivity contribution in [3.05, 3.63) is 23.3 Å². The highest BCUT2D eigenvalue weighted by atomic mass is 16.1. The molecule has 0 atom stereocenters. The van der Waals surface area contributed by atoms with E-state index in [1.165, 1.54) is 4.80 Å². The lowest BCUT2D eigenvalue weighted by Crippen LogP contribution is -2.07. The third-order valence-corrected chi connectivity index (χ3v) is 2.41. The molecule has 7 nitrogen and oxygen atoms in total. The molecular weight excluding hydrogens is 220 g/mol. The Hall–Kier alpha value is -2.05. The Morgan fingerprint density at radius 2 is 2.12 bits per heavy atom. The Morgan fingerprint density at radius 3 is 2.71 bits per heavy atom. The number of hydrogen-bond donors (Lipinski definition) is 0. The van der Waals surface area contributed by atoms with Gasteiger partial charge in [-0.25, -0.2) is 0 Å². The van der Waals surface area contributed by atoms with Crippen LogP contribution in [0.25, 0.3) is 0 Å². The van der Waals surface area contributed by atoms with Gasteiger partial charge in [-0.1, -0.05) is 6.92 Å². The van der Waals surface area contributed by atoms with E-state index >= 15 is 0 Å². The first kappa shape index (κ1) is 11.4. The van der Waals surface area contributed by atoms with Crippen molar-refractivity contribution < 1.29 is 4.79 Å². The number of hydrogen-bond acceptors (Lipinski definition) is 5. The molecule has 2 aromatic rings. The van der Waals surface area contributed by atoms with E-state index in [0.717, 1.165) is 12.1 Å². The van der Waals surface area contributed by atoms with E-state index in [9.17, 15) is 4.79 Å². The first-order chi connectivity index (χ1) is 8.10. The fourth-order valence-electron chi connectivity index (χ4n) is 1.66. The third-order valence-electron chi connectivity index (χ3n) is 2.41. The van der Waals surface area contributed by atoms with E-state index in [0.29, 0.717) is 11.4 Å². The van der Waals surface area contributed by atoms with E-state index in [2.05, 4.69) is 20.5 Å². The molecule has 90 valence electrons. The van der Waals surface area contributed by atoms with Crippen molar-refractivity contribution in [1.29, 1.82) is 0 Å². The first-order valence-electron chi connectivity index (χ1n) is 5.38. The number of Topliss-reactive ketones (excluding diaryl/α,β-unsaturated/α-hetero) is 1. The van der Waals surface area contributed by atoms with Crippen molar-refractivity contribution in [1.82, 2.24) is 30.0 Å². The zero-order valence-electron chi connectivity index (χ0n) is 10.1. The van der Waals surface area contributed by atoms with E-state index in [1.54, 1.807) is 25.0 Å². The van der Waals surface area contributed by atoms with E-state index in [4.69, 9.17) is 0 Å². The zero-order valence-corrected chi connectivity index (χ0v) is 10.1. The standard InChI is InChI=1S/C10H14N6O/c1-4-8-7(6-15(2)12-8)9(17)5-10-11-14-16(3)13-10/h6H,4-5H2,1-3H3. The molecule has 0 amide bonds. The van der Waals surface area contributed by atoms with Gasteiger partial charge >= 0.3 is 0 Å². The lowest BCUT2D eigenvalue weighted by molar-refractivity contribution is 0.0990. The summed E-state index contributed by atoms with van der Waals surface area (Å²) in [4.78, 5) is 13.4. The fraction of sp³-hybridized carbons (Fsp3) is 0.500. The second-order valence-corrected chi connectivity index (χ2v) is 3.81. The second kappa shape index (κ2) is 4.44. The number of aryl methyl sites for hydroxylation is 3. The van der Waals surface area contributed by atoms with Crippen LogP contribution in [-0.2, 0) is 26.9 Å². The SMILES string of the molecule is CCc1nn(C)cc1C(=O)Cc1nnn(C)n1. The van der Waals surface area contributed by atoms with Gasteiger partial charge < -0.3 is 0 Å². The van der Waals surface area contributed by atoms with E-state index < -0.39 is 0 Å². The van der Waals surface area contributed by atoms with Crippen LogP contribution in [0.3, 0.4) is 0 Å². The van der Waals surface area contributed by atoms with E-state index in [1.807, 2.05) is 6.92 Å². The van der Waals surface area contributed by atoms with Gasteiger partial charge in [0, 0.05) is 13.2 Å². The molecule has 0 fully saturated rings. The molecule has 2 rings (SSSR count). The van der Waals surface area contributed by atoms with Crippen molar-refractivity contribution in [2.24, 2.45) is 14.1 Å². The molecule has 17 heavy (non-hydrogen) atoms. The average Bonchev–Trinajstić information content (AvgIpc) is 2.84. The zero-order chi connectivity index (χ0) is 12.4. The Morgan fingerprint density at radius 1 is 1.35 bits per heavy atom. The van der Waals surface area contributed by atoms with Gasteiger partial charge in [-0.3, -0.25) is 9.48 Å². The lowest BCUT2D eigenvalue weighted by Gasteiger charge is -1.95. The molecule has 0 aliphatic carbocycles. The van der Waals surface area contributed by atoms with Gasteiger partial charge in [0.15, 0.2) is 11.6 Å². The van der Waals surface area contributed by atoms with Gasteiger partial charge in [-0.05, 0) is 11.6 Å². The van der Waals surface area contributed by atoms with Crippen LogP contribution in [0.2, 0.25) is 0 Å². The Labute approximate surface area is 98.4 Å². The number of nitrogens with zero attached hydrogens (tertiary/aromatic N) is 6. The van der Waals surface area contributed by atoms with Crippen LogP contribution in [0.5, 0.6) is 0 Å². The molecule has 0 aliphatic heterocycles. The lowest BCUT2D eigenvalue weighted by atomic mass is 10.1. The number of aromatic nitrogens is 6. The summed E-state index contributed by atoms with van der Waals surface area (Å²) in [7, 11) is 3.47. The molecule has 2 aromatic heterocycles. The van der Waals surface area contributed by atoms with Crippen LogP contribution >= 0.6 is 0 Å². The fourth-order valence-corrected chi connectivity index (χ4v) is 1.66. The molecule has 0 aromatic carbocycles. The number of carbonyl (C=O) groups excluding carboxylic acids is 1. The van der Waals surface area contributed by atoms with Gasteiger partial charge in [0.25, 0.3) is 0 Å². The maximum Gasteiger partial charge on any atom is 0.182 e. The smallest absolute Gasteiger partial charge is 0.182 e. The maximum atomic E-state index is 12.0. The summed E-state index contributed by atoms with van der Waals surface area (Å²) in [6.45, 7) is 1.97. The minimum absolute atomic E-state index is 0.0250. The second-order valence-electron chi connectivity index (χ2n) is 3.81. The van der Waals surface area contributed by atoms with Crippen molar-refractivity contribution in [3.63, 3.8) is 0 Å². The Balaban J connectivity index is 2.19. The van der Waals surface area contributed by atoms with Crippen molar-refractivity contribution in [2.75, 3.05) is 0 Å². The molecule has 0 bridgehead atoms. The monoisotopic (exact) mass is 234 g/mol. The highest BCUT2D eigenvalue weighted by Crippen LogP contribution is 2.10. The van der Waals surface area contributed by atoms with E-state index in [-0.39, 0.29) is 12.2 Å². The number of tetrazole rings is 1. The van der Waals surface area contributed by atoms with Gasteiger partial charge in [-0.15, -0.1) is 10.2 Å². The number of ketones is 1. The van der Waals surface area contributed by atoms with Crippen molar-refractivity contribution >= 4 is 5.78 Å². The molecule has 0 aliphatic rings. The molecule has 0 radical (unpaired) electrons. The molecule has 7 heteroatoms.